The van der Waals surface area contributed by atoms with E-state index in [4.69, 9.17) is 4.74 Å². The number of carbonyl (C=O) groups is 2. The molecule has 8 heteroatoms. The summed E-state index contributed by atoms with van der Waals surface area (Å²) in [5, 5.41) is 14.4. The van der Waals surface area contributed by atoms with Crippen LogP contribution in [0.15, 0.2) is 42.5 Å². The van der Waals surface area contributed by atoms with Crippen LogP contribution in [0.5, 0.6) is 0 Å². The van der Waals surface area contributed by atoms with Crippen LogP contribution in [0.4, 0.5) is 0 Å². The maximum atomic E-state index is 13.4. The molecule has 1 aliphatic rings. The molecule has 2 aromatic carbocycles. The first-order chi connectivity index (χ1) is 19.1. The van der Waals surface area contributed by atoms with Crippen molar-refractivity contribution in [2.24, 2.45) is 5.92 Å². The molecule has 1 aliphatic carbocycles. The van der Waals surface area contributed by atoms with Crippen LogP contribution < -0.4 is 29.3 Å². The molecule has 2 aromatic rings. The summed E-state index contributed by atoms with van der Waals surface area (Å²) in [5.41, 5.74) is 4.24. The molecule has 1 saturated carbocycles. The third kappa shape index (κ3) is 12.0. The van der Waals surface area contributed by atoms with E-state index in [1.807, 2.05) is 61.3 Å². The number of rotatable bonds is 14. The molecular weight excluding hydrogens is 545 g/mol. The molecule has 1 unspecified atom stereocenters. The van der Waals surface area contributed by atoms with Gasteiger partial charge in [0.2, 0.25) is 0 Å². The fraction of sp³-hybridized carbons (Fsp3) is 0.576. The van der Waals surface area contributed by atoms with E-state index in [-0.39, 0.29) is 29.7 Å². The Morgan fingerprint density at radius 3 is 2.41 bits per heavy atom. The number of hydrogen-bond acceptors (Lipinski definition) is 6. The maximum Gasteiger partial charge on any atom is 1.00 e. The predicted octanol–water partition coefficient (Wildman–Crippen LogP) is 3.65. The monoisotopic (exact) mass is 591 g/mol. The molecule has 2 atom stereocenters. The number of amides is 1. The molecule has 0 heterocycles. The Balaban J connectivity index is 0.00000588. The van der Waals surface area contributed by atoms with Gasteiger partial charge in [-0.05, 0) is 72.1 Å². The van der Waals surface area contributed by atoms with Crippen molar-refractivity contribution in [3.8, 4) is 11.1 Å². The predicted molar refractivity (Wildman–Crippen MR) is 168 cm³/mol. The molecule has 1 N–H and O–H groups in total. The van der Waals surface area contributed by atoms with Gasteiger partial charge in [0.1, 0.15) is 0 Å². The number of aryl methyl sites for hydroxylation is 1. The minimum atomic E-state index is -1.26. The number of aliphatic carboxylic acids is 1. The van der Waals surface area contributed by atoms with E-state index < -0.39 is 17.9 Å². The summed E-state index contributed by atoms with van der Waals surface area (Å²) in [6.07, 6.45) is 10.1. The molecule has 1 amide bonds. The molecule has 0 bridgehead atoms. The summed E-state index contributed by atoms with van der Waals surface area (Å²) in [4.78, 5) is 25.1. The van der Waals surface area contributed by atoms with Gasteiger partial charge in [0.25, 0.3) is 5.91 Å². The van der Waals surface area contributed by atoms with E-state index in [0.29, 0.717) is 24.3 Å². The largest absolute Gasteiger partial charge is 1.00 e. The second kappa shape index (κ2) is 17.7. The van der Waals surface area contributed by atoms with Crippen LogP contribution in [0.1, 0.15) is 87.2 Å². The Morgan fingerprint density at radius 2 is 1.78 bits per heavy atom. The van der Waals surface area contributed by atoms with Gasteiger partial charge in [0, 0.05) is 16.1 Å². The summed E-state index contributed by atoms with van der Waals surface area (Å²) >= 11 is 3.49. The zero-order valence-electron chi connectivity index (χ0n) is 25.8. The van der Waals surface area contributed by atoms with Crippen molar-refractivity contribution in [2.75, 3.05) is 17.8 Å². The Labute approximate surface area is 267 Å². The van der Waals surface area contributed by atoms with Gasteiger partial charge in [0.15, 0.2) is 0 Å². The molecule has 0 aliphatic heterocycles. The molecule has 0 aromatic heterocycles. The Bertz CT molecular complexity index is 1110. The van der Waals surface area contributed by atoms with Gasteiger partial charge in [-0.3, -0.25) is 4.79 Å². The quantitative estimate of drug-likeness (QED) is 0.338. The van der Waals surface area contributed by atoms with Crippen LogP contribution in [-0.4, -0.2) is 46.5 Å². The van der Waals surface area contributed by atoms with Crippen molar-refractivity contribution in [3.05, 3.63) is 59.2 Å². The number of hydrogen-bond donors (Lipinski definition) is 1. The second-order valence-corrected chi connectivity index (χ2v) is 14.7. The first kappa shape index (κ1) is 35.8. The van der Waals surface area contributed by atoms with Crippen molar-refractivity contribution in [1.29, 1.82) is 0 Å². The van der Waals surface area contributed by atoms with E-state index in [9.17, 15) is 14.7 Å². The van der Waals surface area contributed by atoms with Crippen molar-refractivity contribution < 1.29 is 38.3 Å². The summed E-state index contributed by atoms with van der Waals surface area (Å²) in [6.45, 7) is 9.24. The molecular formula is C33H46LiNO4S2. The van der Waals surface area contributed by atoms with E-state index in [1.54, 1.807) is 6.07 Å². The number of carboxylic acid groups (broad SMARTS) is 1. The SMILES string of the molecule is CSCC[C@H](NC(=O)c1ccc(COC(CSC(C)(C)C)CC2CCCCC2)cc1-c1ccccc1C)C(=O)[O-].[Li+]. The first-order valence-electron chi connectivity index (χ1n) is 14.5. The number of benzene rings is 2. The van der Waals surface area contributed by atoms with E-state index in [1.165, 1.54) is 43.9 Å². The van der Waals surface area contributed by atoms with E-state index >= 15 is 0 Å². The van der Waals surface area contributed by atoms with Gasteiger partial charge in [-0.1, -0.05) is 83.2 Å². The Morgan fingerprint density at radius 1 is 1.07 bits per heavy atom. The minimum Gasteiger partial charge on any atom is -0.548 e. The standard InChI is InChI=1S/C33H47NO4S2.Li/c1-23-11-9-10-14-27(23)29-20-25(15-16-28(29)31(35)34-30(32(36)37)17-18-39-5)21-38-26(22-40-33(2,3)4)19-24-12-7-6-8-13-24;/h9-11,14-16,20,24,26,30H,6-8,12-13,17-19,21-22H2,1-5H3,(H,34,35)(H,36,37);/q;+1/p-1/t26?,30-;/m0./s1. The van der Waals surface area contributed by atoms with Crippen LogP contribution in [0.3, 0.4) is 0 Å². The van der Waals surface area contributed by atoms with Crippen molar-refractivity contribution in [1.82, 2.24) is 5.32 Å². The normalized spacial score (nSPS) is 15.5. The summed E-state index contributed by atoms with van der Waals surface area (Å²) < 4.78 is 6.76. The zero-order chi connectivity index (χ0) is 29.1. The van der Waals surface area contributed by atoms with Crippen LogP contribution in [0.25, 0.3) is 11.1 Å². The van der Waals surface area contributed by atoms with Crippen LogP contribution >= 0.6 is 23.5 Å². The smallest absolute Gasteiger partial charge is 0.548 e. The molecule has 0 saturated heterocycles. The Kier molecular flexibility index (Phi) is 15.5. The molecule has 0 radical (unpaired) electrons. The molecule has 1 fully saturated rings. The number of carboxylic acids is 1. The molecule has 0 spiro atoms. The van der Waals surface area contributed by atoms with Gasteiger partial charge >= 0.3 is 18.9 Å². The van der Waals surface area contributed by atoms with Gasteiger partial charge < -0.3 is 20.0 Å². The number of carbonyl (C=O) groups excluding carboxylic acids is 2. The zero-order valence-corrected chi connectivity index (χ0v) is 27.4. The third-order valence-electron chi connectivity index (χ3n) is 7.47. The number of nitrogens with one attached hydrogen (secondary N) is 1. The van der Waals surface area contributed by atoms with Crippen LogP contribution in [-0.2, 0) is 16.1 Å². The molecule has 41 heavy (non-hydrogen) atoms. The van der Waals surface area contributed by atoms with Gasteiger partial charge in [0.05, 0.1) is 24.7 Å². The van der Waals surface area contributed by atoms with Gasteiger partial charge in [-0.15, -0.1) is 0 Å². The van der Waals surface area contributed by atoms with Crippen LogP contribution in [0, 0.1) is 12.8 Å². The van der Waals surface area contributed by atoms with Crippen molar-refractivity contribution >= 4 is 35.4 Å². The van der Waals surface area contributed by atoms with Crippen molar-refractivity contribution in [3.63, 3.8) is 0 Å². The fourth-order valence-corrected chi connectivity index (χ4v) is 6.62. The maximum absolute atomic E-state index is 13.4. The van der Waals surface area contributed by atoms with Gasteiger partial charge in [-0.2, -0.15) is 23.5 Å². The third-order valence-corrected chi connectivity index (χ3v) is 9.52. The average Bonchev–Trinajstić information content (AvgIpc) is 2.92. The Hall–Kier alpha value is -1.36. The van der Waals surface area contributed by atoms with Crippen LogP contribution in [0.2, 0.25) is 0 Å². The summed E-state index contributed by atoms with van der Waals surface area (Å²) in [7, 11) is 0. The number of thioether (sulfide) groups is 2. The average molecular weight is 592 g/mol. The molecule has 5 nitrogen and oxygen atoms in total. The topological polar surface area (TPSA) is 78.5 Å². The summed E-state index contributed by atoms with van der Waals surface area (Å²) in [6, 6.07) is 12.7. The fourth-order valence-electron chi connectivity index (χ4n) is 5.23. The van der Waals surface area contributed by atoms with Crippen molar-refractivity contribution in [2.45, 2.75) is 96.1 Å². The minimum absolute atomic E-state index is 0. The first-order valence-corrected chi connectivity index (χ1v) is 16.9. The molecule has 3 rings (SSSR count). The second-order valence-electron chi connectivity index (χ2n) is 11.9. The van der Waals surface area contributed by atoms with E-state index in [2.05, 4.69) is 26.1 Å². The van der Waals surface area contributed by atoms with E-state index in [0.717, 1.165) is 40.3 Å². The van der Waals surface area contributed by atoms with Gasteiger partial charge in [-0.25, -0.2) is 0 Å². The number of ether oxygens (including phenoxy) is 1. The molecule has 220 valence electrons. The summed E-state index contributed by atoms with van der Waals surface area (Å²) in [5.74, 6) is 0.650.